The fraction of sp³-hybridized carbons (Fsp3) is 0.562. The van der Waals surface area contributed by atoms with Crippen LogP contribution in [0.3, 0.4) is 0 Å². The lowest BCUT2D eigenvalue weighted by Crippen LogP contribution is -2.33. The zero-order valence-corrected chi connectivity index (χ0v) is 23.9. The first-order valence-electron chi connectivity index (χ1n) is 13.7. The van der Waals surface area contributed by atoms with Crippen molar-refractivity contribution in [3.63, 3.8) is 0 Å². The van der Waals surface area contributed by atoms with Crippen molar-refractivity contribution in [1.82, 2.24) is 0 Å². The van der Waals surface area contributed by atoms with E-state index in [1.807, 2.05) is 77.9 Å². The van der Waals surface area contributed by atoms with Gasteiger partial charge in [-0.25, -0.2) is 0 Å². The molecular formula is C32H46O6. The third-order valence-corrected chi connectivity index (χ3v) is 7.12. The van der Waals surface area contributed by atoms with Crippen molar-refractivity contribution >= 4 is 11.9 Å². The van der Waals surface area contributed by atoms with Crippen LogP contribution in [-0.4, -0.2) is 34.4 Å². The molecule has 6 heteroatoms. The Balaban J connectivity index is 1.73. The molecule has 4 atom stereocenters. The molecule has 38 heavy (non-hydrogen) atoms. The smallest absolute Gasteiger partial charge is 0.316 e. The Morgan fingerprint density at radius 3 is 1.68 bits per heavy atom. The van der Waals surface area contributed by atoms with Crippen LogP contribution in [0.25, 0.3) is 0 Å². The molecule has 210 valence electrons. The molecule has 2 aromatic carbocycles. The van der Waals surface area contributed by atoms with Crippen LogP contribution < -0.4 is 9.47 Å². The SMILES string of the molecule is CC(CC(C)(C)CC(=O)Oc1ccccc1)C(O)CCCC(O)C(C)CC(C)(C)C(=O)Oc1ccccc1. The lowest BCUT2D eigenvalue weighted by molar-refractivity contribution is -0.145. The van der Waals surface area contributed by atoms with E-state index in [-0.39, 0.29) is 35.6 Å². The van der Waals surface area contributed by atoms with Gasteiger partial charge in [0.2, 0.25) is 0 Å². The molecule has 6 nitrogen and oxygen atoms in total. The third kappa shape index (κ3) is 11.0. The normalized spacial score (nSPS) is 15.3. The first-order chi connectivity index (χ1) is 17.8. The summed E-state index contributed by atoms with van der Waals surface area (Å²) >= 11 is 0. The Morgan fingerprint density at radius 2 is 1.18 bits per heavy atom. The minimum Gasteiger partial charge on any atom is -0.427 e. The second-order valence-corrected chi connectivity index (χ2v) is 12.1. The number of para-hydroxylation sites is 2. The fourth-order valence-corrected chi connectivity index (χ4v) is 4.99. The predicted octanol–water partition coefficient (Wildman–Crippen LogP) is 6.58. The van der Waals surface area contributed by atoms with E-state index in [1.165, 1.54) is 0 Å². The highest BCUT2D eigenvalue weighted by atomic mass is 16.5. The molecule has 0 heterocycles. The molecule has 2 aromatic rings. The molecule has 0 aliphatic rings. The number of rotatable bonds is 15. The Kier molecular flexibility index (Phi) is 12.0. The molecule has 0 aromatic heterocycles. The average Bonchev–Trinajstić information content (AvgIpc) is 2.84. The number of carbonyl (C=O) groups is 2. The number of aliphatic hydroxyl groups excluding tert-OH is 2. The minimum absolute atomic E-state index is 0.00391. The quantitative estimate of drug-likeness (QED) is 0.201. The standard InChI is InChI=1S/C32H46O6/c1-23(20-31(3,4)22-29(35)37-25-14-9-7-10-15-25)27(33)18-13-19-28(34)24(2)21-32(5,6)30(36)38-26-16-11-8-12-17-26/h7-12,14-17,23-24,27-28,33-34H,13,18-22H2,1-6H3. The number of ether oxygens (including phenoxy) is 2. The molecule has 4 unspecified atom stereocenters. The van der Waals surface area contributed by atoms with E-state index < -0.39 is 17.6 Å². The second-order valence-electron chi connectivity index (χ2n) is 12.1. The molecule has 0 aliphatic heterocycles. The van der Waals surface area contributed by atoms with Gasteiger partial charge in [-0.15, -0.1) is 0 Å². The van der Waals surface area contributed by atoms with Crippen LogP contribution in [0.1, 0.15) is 80.1 Å². The van der Waals surface area contributed by atoms with Gasteiger partial charge in [0, 0.05) is 0 Å². The van der Waals surface area contributed by atoms with Gasteiger partial charge >= 0.3 is 11.9 Å². The second kappa shape index (κ2) is 14.5. The highest BCUT2D eigenvalue weighted by Crippen LogP contribution is 2.33. The van der Waals surface area contributed by atoms with E-state index in [4.69, 9.17) is 9.47 Å². The maximum atomic E-state index is 12.7. The zero-order valence-electron chi connectivity index (χ0n) is 23.9. The molecule has 2 N–H and O–H groups in total. The van der Waals surface area contributed by atoms with Crippen LogP contribution in [0.15, 0.2) is 60.7 Å². The van der Waals surface area contributed by atoms with Gasteiger partial charge in [0.25, 0.3) is 0 Å². The zero-order chi connectivity index (χ0) is 28.3. The van der Waals surface area contributed by atoms with Crippen LogP contribution >= 0.6 is 0 Å². The van der Waals surface area contributed by atoms with Crippen molar-refractivity contribution in [3.8, 4) is 11.5 Å². The number of hydrogen-bond acceptors (Lipinski definition) is 6. The van der Waals surface area contributed by atoms with Crippen molar-refractivity contribution in [2.45, 2.75) is 92.3 Å². The highest BCUT2D eigenvalue weighted by Gasteiger charge is 2.34. The van der Waals surface area contributed by atoms with Gasteiger partial charge in [-0.2, -0.15) is 0 Å². The maximum Gasteiger partial charge on any atom is 0.316 e. The van der Waals surface area contributed by atoms with Gasteiger partial charge in [0.15, 0.2) is 0 Å². The lowest BCUT2D eigenvalue weighted by atomic mass is 9.78. The summed E-state index contributed by atoms with van der Waals surface area (Å²) in [7, 11) is 0. The summed E-state index contributed by atoms with van der Waals surface area (Å²) in [6.07, 6.45) is 2.10. The van der Waals surface area contributed by atoms with Gasteiger partial charge in [0.05, 0.1) is 24.0 Å². The van der Waals surface area contributed by atoms with E-state index in [0.717, 1.165) is 0 Å². The van der Waals surface area contributed by atoms with Crippen molar-refractivity contribution in [1.29, 1.82) is 0 Å². The fourth-order valence-electron chi connectivity index (χ4n) is 4.99. The first-order valence-corrected chi connectivity index (χ1v) is 13.7. The topological polar surface area (TPSA) is 93.1 Å². The highest BCUT2D eigenvalue weighted by molar-refractivity contribution is 5.78. The molecule has 2 rings (SSSR count). The number of aliphatic hydroxyl groups is 2. The summed E-state index contributed by atoms with van der Waals surface area (Å²) in [5.41, 5.74) is -1.06. The van der Waals surface area contributed by atoms with Crippen molar-refractivity contribution in [3.05, 3.63) is 60.7 Å². The molecule has 0 aliphatic carbocycles. The first kappa shape index (κ1) is 31.5. The molecule has 0 amide bonds. The number of carbonyl (C=O) groups excluding carboxylic acids is 2. The summed E-state index contributed by atoms with van der Waals surface area (Å²) < 4.78 is 10.9. The Labute approximate surface area is 228 Å². The van der Waals surface area contributed by atoms with E-state index in [1.54, 1.807) is 24.3 Å². The monoisotopic (exact) mass is 526 g/mol. The van der Waals surface area contributed by atoms with Crippen LogP contribution in [0, 0.1) is 22.7 Å². The van der Waals surface area contributed by atoms with Gasteiger partial charge in [-0.1, -0.05) is 64.1 Å². The number of esters is 2. The van der Waals surface area contributed by atoms with Crippen LogP contribution in [0.5, 0.6) is 11.5 Å². The largest absolute Gasteiger partial charge is 0.427 e. The van der Waals surface area contributed by atoms with Crippen molar-refractivity contribution < 1.29 is 29.3 Å². The minimum atomic E-state index is -0.739. The third-order valence-electron chi connectivity index (χ3n) is 7.12. The van der Waals surface area contributed by atoms with E-state index in [9.17, 15) is 19.8 Å². The molecular weight excluding hydrogens is 480 g/mol. The molecule has 0 bridgehead atoms. The van der Waals surface area contributed by atoms with E-state index in [0.29, 0.717) is 43.6 Å². The molecule has 0 saturated heterocycles. The van der Waals surface area contributed by atoms with Crippen LogP contribution in [-0.2, 0) is 9.59 Å². The predicted molar refractivity (Wildman–Crippen MR) is 150 cm³/mol. The molecule has 0 fully saturated rings. The Bertz CT molecular complexity index is 986. The molecule has 0 spiro atoms. The summed E-state index contributed by atoms with van der Waals surface area (Å²) in [4.78, 5) is 25.1. The molecule has 0 radical (unpaired) electrons. The van der Waals surface area contributed by atoms with Gasteiger partial charge in [-0.05, 0) is 87.5 Å². The Morgan fingerprint density at radius 1 is 0.737 bits per heavy atom. The number of hydrogen-bond donors (Lipinski definition) is 2. The maximum absolute atomic E-state index is 12.7. The van der Waals surface area contributed by atoms with Gasteiger partial charge in [-0.3, -0.25) is 9.59 Å². The average molecular weight is 527 g/mol. The lowest BCUT2D eigenvalue weighted by Gasteiger charge is -2.30. The summed E-state index contributed by atoms with van der Waals surface area (Å²) in [6.45, 7) is 11.6. The molecule has 0 saturated carbocycles. The van der Waals surface area contributed by atoms with Crippen LogP contribution in [0.4, 0.5) is 0 Å². The Hall–Kier alpha value is -2.70. The van der Waals surface area contributed by atoms with Gasteiger partial charge < -0.3 is 19.7 Å². The summed E-state index contributed by atoms with van der Waals surface area (Å²) in [6, 6.07) is 18.0. The summed E-state index contributed by atoms with van der Waals surface area (Å²) in [5.74, 6) is 0.342. The van der Waals surface area contributed by atoms with E-state index >= 15 is 0 Å². The van der Waals surface area contributed by atoms with Crippen LogP contribution in [0.2, 0.25) is 0 Å². The van der Waals surface area contributed by atoms with Crippen molar-refractivity contribution in [2.24, 2.45) is 22.7 Å². The van der Waals surface area contributed by atoms with Gasteiger partial charge in [0.1, 0.15) is 11.5 Å². The van der Waals surface area contributed by atoms with Crippen molar-refractivity contribution in [2.75, 3.05) is 0 Å². The summed E-state index contributed by atoms with van der Waals surface area (Å²) in [5, 5.41) is 21.5. The number of benzene rings is 2. The van der Waals surface area contributed by atoms with E-state index in [2.05, 4.69) is 0 Å².